The van der Waals surface area contributed by atoms with E-state index in [2.05, 4.69) is 37.9 Å². The van der Waals surface area contributed by atoms with Crippen molar-refractivity contribution in [2.75, 3.05) is 19.6 Å². The monoisotopic (exact) mass is 238 g/mol. The first-order valence-corrected chi connectivity index (χ1v) is 7.59. The molecule has 1 heterocycles. The van der Waals surface area contributed by atoms with E-state index in [0.29, 0.717) is 6.04 Å². The number of hydrogen-bond donors (Lipinski definition) is 1. The highest BCUT2D eigenvalue weighted by Crippen LogP contribution is 2.37. The summed E-state index contributed by atoms with van der Waals surface area (Å²) in [7, 11) is 0. The first kappa shape index (κ1) is 13.4. The fourth-order valence-electron chi connectivity index (χ4n) is 3.05. The molecule has 17 heavy (non-hydrogen) atoms. The van der Waals surface area contributed by atoms with Crippen molar-refractivity contribution in [3.63, 3.8) is 0 Å². The average Bonchev–Trinajstić information content (AvgIpc) is 3.14. The van der Waals surface area contributed by atoms with Crippen LogP contribution in [0.1, 0.15) is 47.0 Å². The predicted molar refractivity (Wildman–Crippen MR) is 74.2 cm³/mol. The van der Waals surface area contributed by atoms with Crippen molar-refractivity contribution in [3.05, 3.63) is 0 Å². The Morgan fingerprint density at radius 1 is 1.24 bits per heavy atom. The van der Waals surface area contributed by atoms with Gasteiger partial charge in [-0.05, 0) is 37.5 Å². The molecule has 1 aliphatic carbocycles. The summed E-state index contributed by atoms with van der Waals surface area (Å²) in [6.07, 6.45) is 4.25. The Balaban J connectivity index is 1.85. The molecule has 2 nitrogen and oxygen atoms in total. The number of nitrogens with zero attached hydrogens (tertiary/aromatic N) is 1. The maximum Gasteiger partial charge on any atom is 0.0221 e. The van der Waals surface area contributed by atoms with Crippen LogP contribution in [0.3, 0.4) is 0 Å². The molecule has 1 saturated carbocycles. The van der Waals surface area contributed by atoms with Crippen molar-refractivity contribution in [3.8, 4) is 0 Å². The first-order valence-electron chi connectivity index (χ1n) is 7.59. The molecule has 2 rings (SSSR count). The SMILES string of the molecule is CCC(C)C1CN(CC(C)C2CC2)C(C)CN1. The molecular formula is C15H30N2. The lowest BCUT2D eigenvalue weighted by Gasteiger charge is -2.42. The Hall–Kier alpha value is -0.0800. The van der Waals surface area contributed by atoms with E-state index >= 15 is 0 Å². The van der Waals surface area contributed by atoms with Crippen LogP contribution in [0.4, 0.5) is 0 Å². The van der Waals surface area contributed by atoms with Gasteiger partial charge in [-0.1, -0.05) is 27.2 Å². The van der Waals surface area contributed by atoms with E-state index in [4.69, 9.17) is 0 Å². The van der Waals surface area contributed by atoms with E-state index in [0.717, 1.165) is 23.8 Å². The summed E-state index contributed by atoms with van der Waals surface area (Å²) in [5.74, 6) is 2.76. The zero-order valence-corrected chi connectivity index (χ0v) is 12.1. The predicted octanol–water partition coefficient (Wildman–Crippen LogP) is 2.74. The summed E-state index contributed by atoms with van der Waals surface area (Å²) < 4.78 is 0. The topological polar surface area (TPSA) is 15.3 Å². The van der Waals surface area contributed by atoms with Crippen molar-refractivity contribution >= 4 is 0 Å². The van der Waals surface area contributed by atoms with E-state index in [1.165, 1.54) is 38.9 Å². The standard InChI is InChI=1S/C15H30N2/c1-5-11(2)15-10-17(13(4)8-16-15)9-12(3)14-6-7-14/h11-16H,5-10H2,1-4H3. The zero-order valence-electron chi connectivity index (χ0n) is 12.1. The van der Waals surface area contributed by atoms with Gasteiger partial charge in [-0.3, -0.25) is 4.90 Å². The van der Waals surface area contributed by atoms with E-state index in [-0.39, 0.29) is 0 Å². The van der Waals surface area contributed by atoms with E-state index in [1.54, 1.807) is 0 Å². The molecule has 2 heteroatoms. The van der Waals surface area contributed by atoms with Gasteiger partial charge in [-0.15, -0.1) is 0 Å². The van der Waals surface area contributed by atoms with Gasteiger partial charge in [0.05, 0.1) is 0 Å². The number of nitrogens with one attached hydrogen (secondary N) is 1. The van der Waals surface area contributed by atoms with Crippen LogP contribution in [0, 0.1) is 17.8 Å². The summed E-state index contributed by atoms with van der Waals surface area (Å²) >= 11 is 0. The number of hydrogen-bond acceptors (Lipinski definition) is 2. The Morgan fingerprint density at radius 3 is 2.53 bits per heavy atom. The third kappa shape index (κ3) is 3.45. The zero-order chi connectivity index (χ0) is 12.4. The van der Waals surface area contributed by atoms with Crippen LogP contribution in [0.5, 0.6) is 0 Å². The molecule has 2 fully saturated rings. The van der Waals surface area contributed by atoms with E-state index < -0.39 is 0 Å². The van der Waals surface area contributed by atoms with Crippen molar-refractivity contribution < 1.29 is 0 Å². The number of rotatable bonds is 5. The van der Waals surface area contributed by atoms with Crippen LogP contribution < -0.4 is 5.32 Å². The summed E-state index contributed by atoms with van der Waals surface area (Å²) in [4.78, 5) is 2.73. The van der Waals surface area contributed by atoms with Gasteiger partial charge in [0.15, 0.2) is 0 Å². The number of piperazine rings is 1. The van der Waals surface area contributed by atoms with Crippen LogP contribution >= 0.6 is 0 Å². The van der Waals surface area contributed by atoms with Crippen molar-refractivity contribution in [1.29, 1.82) is 0 Å². The molecule has 100 valence electrons. The molecule has 0 radical (unpaired) electrons. The normalized spacial score (nSPS) is 34.6. The molecule has 0 aromatic heterocycles. The molecule has 4 unspecified atom stereocenters. The van der Waals surface area contributed by atoms with Gasteiger partial charge in [0.25, 0.3) is 0 Å². The summed E-state index contributed by atoms with van der Waals surface area (Å²) in [6.45, 7) is 13.3. The van der Waals surface area contributed by atoms with Gasteiger partial charge in [-0.25, -0.2) is 0 Å². The van der Waals surface area contributed by atoms with E-state index in [9.17, 15) is 0 Å². The average molecular weight is 238 g/mol. The molecule has 1 N–H and O–H groups in total. The summed E-state index contributed by atoms with van der Waals surface area (Å²) in [6, 6.07) is 1.43. The lowest BCUT2D eigenvalue weighted by molar-refractivity contribution is 0.0997. The quantitative estimate of drug-likeness (QED) is 0.792. The molecule has 0 bridgehead atoms. The molecule has 1 aliphatic heterocycles. The highest BCUT2D eigenvalue weighted by molar-refractivity contribution is 4.89. The van der Waals surface area contributed by atoms with Gasteiger partial charge < -0.3 is 5.32 Å². The molecule has 0 aromatic carbocycles. The van der Waals surface area contributed by atoms with Crippen LogP contribution in [-0.2, 0) is 0 Å². The maximum atomic E-state index is 3.73. The van der Waals surface area contributed by atoms with Crippen molar-refractivity contribution in [2.24, 2.45) is 17.8 Å². The Bertz CT molecular complexity index is 237. The van der Waals surface area contributed by atoms with Crippen LogP contribution in [0.2, 0.25) is 0 Å². The molecule has 4 atom stereocenters. The fraction of sp³-hybridized carbons (Fsp3) is 1.00. The maximum absolute atomic E-state index is 3.73. The second-order valence-corrected chi connectivity index (χ2v) is 6.52. The van der Waals surface area contributed by atoms with Crippen LogP contribution in [0.15, 0.2) is 0 Å². The van der Waals surface area contributed by atoms with E-state index in [1.807, 2.05) is 0 Å². The Kier molecular flexibility index (Phi) is 4.48. The minimum atomic E-state index is 0.711. The lowest BCUT2D eigenvalue weighted by atomic mass is 9.94. The molecule has 0 aromatic rings. The minimum Gasteiger partial charge on any atom is -0.311 e. The lowest BCUT2D eigenvalue weighted by Crippen LogP contribution is -2.58. The fourth-order valence-corrected chi connectivity index (χ4v) is 3.05. The highest BCUT2D eigenvalue weighted by Gasteiger charge is 2.33. The Labute approximate surface area is 107 Å². The third-order valence-electron chi connectivity index (χ3n) is 5.01. The molecule has 0 amide bonds. The largest absolute Gasteiger partial charge is 0.311 e. The third-order valence-corrected chi connectivity index (χ3v) is 5.01. The van der Waals surface area contributed by atoms with Gasteiger partial charge >= 0.3 is 0 Å². The van der Waals surface area contributed by atoms with Gasteiger partial charge in [0.1, 0.15) is 0 Å². The highest BCUT2D eigenvalue weighted by atomic mass is 15.2. The first-order chi connectivity index (χ1) is 8.11. The second kappa shape index (κ2) is 5.71. The smallest absolute Gasteiger partial charge is 0.0221 e. The summed E-state index contributed by atoms with van der Waals surface area (Å²) in [5.41, 5.74) is 0. The van der Waals surface area contributed by atoms with Crippen molar-refractivity contribution in [1.82, 2.24) is 10.2 Å². The van der Waals surface area contributed by atoms with Crippen LogP contribution in [-0.4, -0.2) is 36.6 Å². The van der Waals surface area contributed by atoms with Gasteiger partial charge in [0, 0.05) is 31.7 Å². The van der Waals surface area contributed by atoms with Gasteiger partial charge in [-0.2, -0.15) is 0 Å². The molecule has 2 aliphatic rings. The van der Waals surface area contributed by atoms with Crippen LogP contribution in [0.25, 0.3) is 0 Å². The molecular weight excluding hydrogens is 208 g/mol. The van der Waals surface area contributed by atoms with Crippen molar-refractivity contribution in [2.45, 2.75) is 59.0 Å². The summed E-state index contributed by atoms with van der Waals surface area (Å²) in [5, 5.41) is 3.73. The van der Waals surface area contributed by atoms with Gasteiger partial charge in [0.2, 0.25) is 0 Å². The molecule has 0 spiro atoms. The second-order valence-electron chi connectivity index (χ2n) is 6.52. The Morgan fingerprint density at radius 2 is 1.94 bits per heavy atom. The minimum absolute atomic E-state index is 0.711. The molecule has 1 saturated heterocycles.